The van der Waals surface area contributed by atoms with Gasteiger partial charge in [-0.25, -0.2) is 23.7 Å². The van der Waals surface area contributed by atoms with Crippen LogP contribution in [0.3, 0.4) is 0 Å². The second-order valence-electron chi connectivity index (χ2n) is 8.56. The number of rotatable bonds is 6. The summed E-state index contributed by atoms with van der Waals surface area (Å²) in [7, 11) is 0. The molecular formula is C24H22F5N5O. The highest BCUT2D eigenvalue weighted by molar-refractivity contribution is 6.00. The van der Waals surface area contributed by atoms with Crippen LogP contribution in [-0.2, 0) is 0 Å². The summed E-state index contributed by atoms with van der Waals surface area (Å²) < 4.78 is 66.1. The van der Waals surface area contributed by atoms with Crippen molar-refractivity contribution in [2.45, 2.75) is 38.0 Å². The Hall–Kier alpha value is -3.63. The van der Waals surface area contributed by atoms with Crippen LogP contribution in [0.25, 0.3) is 11.4 Å². The molecule has 2 aromatic rings. The molecule has 1 amide bonds. The highest BCUT2D eigenvalue weighted by Crippen LogP contribution is 2.40. The average molecular weight is 491 g/mol. The summed E-state index contributed by atoms with van der Waals surface area (Å²) in [4.78, 5) is 26.6. The maximum atomic E-state index is 14.5. The van der Waals surface area contributed by atoms with Gasteiger partial charge in [0.2, 0.25) is 0 Å². The van der Waals surface area contributed by atoms with Gasteiger partial charge in [-0.2, -0.15) is 13.2 Å². The molecule has 2 aliphatic rings. The van der Waals surface area contributed by atoms with E-state index < -0.39 is 35.3 Å². The smallest absolute Gasteiger partial charge is 0.363 e. The van der Waals surface area contributed by atoms with E-state index in [-0.39, 0.29) is 23.7 Å². The molecule has 1 saturated carbocycles. The lowest BCUT2D eigenvalue weighted by molar-refractivity contribution is -0.0914. The molecular weight excluding hydrogens is 469 g/mol. The molecule has 1 aromatic heterocycles. The number of likely N-dealkylation sites (tertiary alicyclic amines) is 1. The standard InChI is InChI=1S/C24H22F5N5O/c1-13(24(27,28)29)7-18(26)22(30-2)33-19-8-14-9-20(19)34(12-14)23(35)17-6-4-3-5-16(17)21-31-10-15(25)11-32-21/h3-7,10-11,14,19-20,33H,2,8-9,12H2,1H3/b13-7+,22-18-. The summed E-state index contributed by atoms with van der Waals surface area (Å²) in [6.45, 7) is 4.51. The van der Waals surface area contributed by atoms with Crippen molar-refractivity contribution >= 4 is 12.6 Å². The zero-order valence-corrected chi connectivity index (χ0v) is 18.7. The Balaban J connectivity index is 1.57. The minimum atomic E-state index is -4.67. The molecule has 3 unspecified atom stereocenters. The number of aromatic nitrogens is 2. The Kier molecular flexibility index (Phi) is 6.68. The minimum absolute atomic E-state index is 0.136. The number of aliphatic imine (C=N–C) groups is 1. The fraction of sp³-hybridized carbons (Fsp3) is 0.333. The number of alkyl halides is 3. The first-order valence-electron chi connectivity index (χ1n) is 10.8. The van der Waals surface area contributed by atoms with E-state index >= 15 is 0 Å². The van der Waals surface area contributed by atoms with Gasteiger partial charge in [0, 0.05) is 23.7 Å². The van der Waals surface area contributed by atoms with E-state index in [1.54, 1.807) is 29.2 Å². The van der Waals surface area contributed by atoms with Gasteiger partial charge in [-0.05, 0) is 44.5 Å². The fourth-order valence-corrected chi connectivity index (χ4v) is 4.59. The van der Waals surface area contributed by atoms with E-state index in [1.807, 2.05) is 0 Å². The lowest BCUT2D eigenvalue weighted by Gasteiger charge is -2.34. The average Bonchev–Trinajstić information content (AvgIpc) is 3.42. The van der Waals surface area contributed by atoms with E-state index in [0.717, 1.165) is 19.3 Å². The first-order chi connectivity index (χ1) is 16.6. The number of nitrogens with one attached hydrogen (secondary N) is 1. The molecule has 1 aliphatic carbocycles. The largest absolute Gasteiger partial charge is 0.412 e. The Morgan fingerprint density at radius 2 is 1.91 bits per heavy atom. The van der Waals surface area contributed by atoms with Gasteiger partial charge >= 0.3 is 6.18 Å². The number of allylic oxidation sites excluding steroid dienone is 3. The number of amides is 1. The van der Waals surface area contributed by atoms with Crippen molar-refractivity contribution in [1.82, 2.24) is 20.2 Å². The van der Waals surface area contributed by atoms with Crippen molar-refractivity contribution in [2.24, 2.45) is 10.9 Å². The molecule has 3 atom stereocenters. The highest BCUT2D eigenvalue weighted by atomic mass is 19.4. The third-order valence-corrected chi connectivity index (χ3v) is 6.26. The van der Waals surface area contributed by atoms with Crippen LogP contribution in [0.4, 0.5) is 22.0 Å². The number of hydrogen-bond donors (Lipinski definition) is 1. The van der Waals surface area contributed by atoms with Gasteiger partial charge < -0.3 is 10.2 Å². The topological polar surface area (TPSA) is 70.5 Å². The van der Waals surface area contributed by atoms with Crippen molar-refractivity contribution in [3.8, 4) is 11.4 Å². The molecule has 11 heteroatoms. The number of carbonyl (C=O) groups is 1. The molecule has 1 aromatic carbocycles. The van der Waals surface area contributed by atoms with Crippen molar-refractivity contribution < 1.29 is 26.7 Å². The van der Waals surface area contributed by atoms with Gasteiger partial charge in [0.15, 0.2) is 23.3 Å². The van der Waals surface area contributed by atoms with Gasteiger partial charge in [-0.3, -0.25) is 4.79 Å². The van der Waals surface area contributed by atoms with Crippen molar-refractivity contribution in [2.75, 3.05) is 6.54 Å². The number of hydrogen-bond acceptors (Lipinski definition) is 5. The van der Waals surface area contributed by atoms with E-state index in [9.17, 15) is 26.7 Å². The molecule has 1 N–H and O–H groups in total. The van der Waals surface area contributed by atoms with Crippen molar-refractivity contribution in [3.05, 3.63) is 71.3 Å². The number of piperidine rings is 1. The van der Waals surface area contributed by atoms with Crippen LogP contribution in [0.15, 0.2) is 64.9 Å². The van der Waals surface area contributed by atoms with Gasteiger partial charge in [-0.15, -0.1) is 0 Å². The van der Waals surface area contributed by atoms with Gasteiger partial charge in [0.25, 0.3) is 5.91 Å². The van der Waals surface area contributed by atoms with Gasteiger partial charge in [0.1, 0.15) is 0 Å². The molecule has 0 spiro atoms. The maximum absolute atomic E-state index is 14.5. The Labute approximate surface area is 198 Å². The van der Waals surface area contributed by atoms with E-state index in [0.29, 0.717) is 36.6 Å². The van der Waals surface area contributed by atoms with Crippen LogP contribution >= 0.6 is 0 Å². The molecule has 0 radical (unpaired) electrons. The maximum Gasteiger partial charge on any atom is 0.412 e. The Morgan fingerprint density at radius 3 is 2.54 bits per heavy atom. The predicted octanol–water partition coefficient (Wildman–Crippen LogP) is 4.82. The van der Waals surface area contributed by atoms with E-state index in [4.69, 9.17) is 0 Å². The van der Waals surface area contributed by atoms with Crippen LogP contribution in [0.1, 0.15) is 30.1 Å². The predicted molar refractivity (Wildman–Crippen MR) is 119 cm³/mol. The third-order valence-electron chi connectivity index (χ3n) is 6.26. The fourth-order valence-electron chi connectivity index (χ4n) is 4.59. The third kappa shape index (κ3) is 5.08. The first kappa shape index (κ1) is 24.5. The zero-order chi connectivity index (χ0) is 25.3. The molecule has 1 aliphatic heterocycles. The second-order valence-corrected chi connectivity index (χ2v) is 8.56. The highest BCUT2D eigenvalue weighted by Gasteiger charge is 2.47. The van der Waals surface area contributed by atoms with Crippen molar-refractivity contribution in [3.63, 3.8) is 0 Å². The summed E-state index contributed by atoms with van der Waals surface area (Å²) in [5.74, 6) is -2.15. The number of carbonyl (C=O) groups excluding carboxylic acids is 1. The van der Waals surface area contributed by atoms with Crippen LogP contribution in [0.2, 0.25) is 0 Å². The number of nitrogens with zero attached hydrogens (tertiary/aromatic N) is 4. The molecule has 2 fully saturated rings. The summed E-state index contributed by atoms with van der Waals surface area (Å²) >= 11 is 0. The molecule has 4 rings (SSSR count). The molecule has 2 bridgehead atoms. The molecule has 6 nitrogen and oxygen atoms in total. The summed E-state index contributed by atoms with van der Waals surface area (Å²) in [5.41, 5.74) is -0.336. The van der Waals surface area contributed by atoms with Crippen molar-refractivity contribution in [1.29, 1.82) is 0 Å². The first-order valence-corrected chi connectivity index (χ1v) is 10.8. The second kappa shape index (κ2) is 9.55. The Bertz CT molecular complexity index is 1190. The van der Waals surface area contributed by atoms with Crippen LogP contribution in [-0.4, -0.2) is 52.3 Å². The monoisotopic (exact) mass is 491 g/mol. The summed E-state index contributed by atoms with van der Waals surface area (Å²) in [6.07, 6.45) is -1.01. The lowest BCUT2D eigenvalue weighted by Crippen LogP contribution is -2.50. The number of halogens is 5. The van der Waals surface area contributed by atoms with E-state index in [2.05, 4.69) is 27.0 Å². The normalized spacial score (nSPS) is 22.7. The molecule has 1 saturated heterocycles. The van der Waals surface area contributed by atoms with E-state index in [1.165, 1.54) is 0 Å². The molecule has 35 heavy (non-hydrogen) atoms. The lowest BCUT2D eigenvalue weighted by atomic mass is 10.0. The quantitative estimate of drug-likeness (QED) is 0.357. The summed E-state index contributed by atoms with van der Waals surface area (Å²) in [5, 5.41) is 2.85. The molecule has 2 heterocycles. The number of fused-ring (bicyclic) bond motifs is 2. The molecule has 184 valence electrons. The van der Waals surface area contributed by atoms with Crippen LogP contribution in [0, 0.1) is 11.7 Å². The minimum Gasteiger partial charge on any atom is -0.363 e. The summed E-state index contributed by atoms with van der Waals surface area (Å²) in [6, 6.07) is 5.95. The van der Waals surface area contributed by atoms with Gasteiger partial charge in [-0.1, -0.05) is 18.2 Å². The van der Waals surface area contributed by atoms with Gasteiger partial charge in [0.05, 0.1) is 24.0 Å². The van der Waals surface area contributed by atoms with Crippen LogP contribution < -0.4 is 5.32 Å². The number of benzene rings is 1. The van der Waals surface area contributed by atoms with Crippen LogP contribution in [0.5, 0.6) is 0 Å². The Morgan fingerprint density at radius 1 is 1.23 bits per heavy atom. The SMILES string of the molecule is C=N/C(NC1CC2CC1N(C(=O)c1ccccc1-c1ncc(F)cn1)C2)=C(F)\C=C(/C)C(F)(F)F. The zero-order valence-electron chi connectivity index (χ0n) is 18.7.